The van der Waals surface area contributed by atoms with Crippen molar-refractivity contribution in [2.45, 2.75) is 6.92 Å². The van der Waals surface area contributed by atoms with Crippen LogP contribution in [-0.4, -0.2) is 51.5 Å². The minimum atomic E-state index is -0.276. The van der Waals surface area contributed by atoms with Gasteiger partial charge in [0, 0.05) is 39.4 Å². The Morgan fingerprint density at radius 1 is 1.15 bits per heavy atom. The number of anilines is 1. The van der Waals surface area contributed by atoms with E-state index in [0.717, 1.165) is 5.82 Å². The Kier molecular flexibility index (Phi) is 3.95. The van der Waals surface area contributed by atoms with E-state index in [0.29, 0.717) is 37.5 Å². The van der Waals surface area contributed by atoms with Gasteiger partial charge in [0.25, 0.3) is 11.5 Å². The average molecular weight is 353 g/mol. The number of rotatable bonds is 2. The van der Waals surface area contributed by atoms with Crippen LogP contribution in [0.25, 0.3) is 11.1 Å². The summed E-state index contributed by atoms with van der Waals surface area (Å²) in [7, 11) is 1.61. The number of amides is 1. The molecule has 0 aromatic carbocycles. The van der Waals surface area contributed by atoms with Gasteiger partial charge in [-0.3, -0.25) is 9.59 Å². The highest BCUT2D eigenvalue weighted by molar-refractivity contribution is 6.06. The van der Waals surface area contributed by atoms with Crippen LogP contribution >= 0.6 is 0 Å². The summed E-state index contributed by atoms with van der Waals surface area (Å²) < 4.78 is 6.90. The van der Waals surface area contributed by atoms with Gasteiger partial charge in [-0.25, -0.2) is 9.97 Å². The molecule has 1 fully saturated rings. The highest BCUT2D eigenvalue weighted by atomic mass is 16.3. The summed E-state index contributed by atoms with van der Waals surface area (Å²) in [6, 6.07) is 5.79. The lowest BCUT2D eigenvalue weighted by atomic mass is 10.1. The number of carbonyl (C=O) groups is 1. The van der Waals surface area contributed by atoms with Crippen LogP contribution in [0, 0.1) is 6.92 Å². The molecule has 0 saturated carbocycles. The first-order valence-corrected chi connectivity index (χ1v) is 8.46. The molecule has 0 spiro atoms. The van der Waals surface area contributed by atoms with Crippen molar-refractivity contribution >= 4 is 22.8 Å². The van der Waals surface area contributed by atoms with E-state index in [2.05, 4.69) is 14.9 Å². The Labute approximate surface area is 149 Å². The van der Waals surface area contributed by atoms with E-state index in [1.807, 2.05) is 18.2 Å². The van der Waals surface area contributed by atoms with Crippen molar-refractivity contribution in [2.24, 2.45) is 7.05 Å². The van der Waals surface area contributed by atoms with Crippen LogP contribution in [0.5, 0.6) is 0 Å². The van der Waals surface area contributed by atoms with Crippen molar-refractivity contribution in [3.8, 4) is 0 Å². The van der Waals surface area contributed by atoms with Gasteiger partial charge < -0.3 is 18.8 Å². The van der Waals surface area contributed by atoms with Gasteiger partial charge in [-0.1, -0.05) is 6.07 Å². The fourth-order valence-electron chi connectivity index (χ4n) is 3.28. The van der Waals surface area contributed by atoms with Gasteiger partial charge in [-0.15, -0.1) is 0 Å². The molecule has 8 nitrogen and oxygen atoms in total. The second kappa shape index (κ2) is 6.29. The molecule has 0 atom stereocenters. The van der Waals surface area contributed by atoms with E-state index in [-0.39, 0.29) is 22.6 Å². The van der Waals surface area contributed by atoms with Gasteiger partial charge in [0.1, 0.15) is 23.3 Å². The Hall–Kier alpha value is -3.16. The molecule has 0 N–H and O–H groups in total. The van der Waals surface area contributed by atoms with Gasteiger partial charge in [-0.05, 0) is 19.1 Å². The predicted octanol–water partition coefficient (Wildman–Crippen LogP) is 1.19. The maximum absolute atomic E-state index is 13.1. The first-order valence-electron chi connectivity index (χ1n) is 8.46. The molecule has 3 aromatic heterocycles. The molecule has 1 amide bonds. The zero-order valence-electron chi connectivity index (χ0n) is 14.7. The lowest BCUT2D eigenvalue weighted by Gasteiger charge is -2.35. The van der Waals surface area contributed by atoms with Crippen molar-refractivity contribution in [1.82, 2.24) is 19.4 Å². The highest BCUT2D eigenvalue weighted by Gasteiger charge is 2.29. The number of pyridine rings is 1. The number of hydrogen-bond acceptors (Lipinski definition) is 6. The van der Waals surface area contributed by atoms with E-state index < -0.39 is 0 Å². The number of carbonyl (C=O) groups excluding carboxylic acids is 1. The molecule has 1 aliphatic rings. The van der Waals surface area contributed by atoms with Crippen LogP contribution in [0.1, 0.15) is 16.1 Å². The lowest BCUT2D eigenvalue weighted by molar-refractivity contribution is 0.0746. The molecule has 0 aliphatic carbocycles. The minimum absolute atomic E-state index is 0.188. The predicted molar refractivity (Wildman–Crippen MR) is 96.3 cm³/mol. The summed E-state index contributed by atoms with van der Waals surface area (Å²) in [6.45, 7) is 4.18. The summed E-state index contributed by atoms with van der Waals surface area (Å²) in [5.74, 6) is 1.14. The largest absolute Gasteiger partial charge is 0.442 e. The Morgan fingerprint density at radius 2 is 1.92 bits per heavy atom. The van der Waals surface area contributed by atoms with Gasteiger partial charge in [0.05, 0.1) is 5.56 Å². The quantitative estimate of drug-likeness (QED) is 0.688. The van der Waals surface area contributed by atoms with Crippen molar-refractivity contribution in [3.05, 3.63) is 52.4 Å². The Morgan fingerprint density at radius 3 is 2.62 bits per heavy atom. The average Bonchev–Trinajstić information content (AvgIpc) is 3.02. The molecule has 134 valence electrons. The molecule has 26 heavy (non-hydrogen) atoms. The second-order valence-electron chi connectivity index (χ2n) is 6.34. The maximum atomic E-state index is 13.1. The Balaban J connectivity index is 1.60. The molecular weight excluding hydrogens is 334 g/mol. The summed E-state index contributed by atoms with van der Waals surface area (Å²) in [5.41, 5.74) is 0.253. The number of furan rings is 1. The van der Waals surface area contributed by atoms with Crippen LogP contribution in [-0.2, 0) is 7.05 Å². The summed E-state index contributed by atoms with van der Waals surface area (Å²) >= 11 is 0. The van der Waals surface area contributed by atoms with Crippen molar-refractivity contribution < 1.29 is 9.21 Å². The Bertz CT molecular complexity index is 1020. The molecule has 1 saturated heterocycles. The van der Waals surface area contributed by atoms with Gasteiger partial charge in [0.2, 0.25) is 5.71 Å². The third kappa shape index (κ3) is 2.63. The molecule has 1 aliphatic heterocycles. The summed E-state index contributed by atoms with van der Waals surface area (Å²) in [6.07, 6.45) is 3.16. The SMILES string of the molecule is Cc1oc2ncn(C)c(=O)c2c1C(=O)N1CCN(c2ccccn2)CC1. The van der Waals surface area contributed by atoms with Crippen LogP contribution in [0.3, 0.4) is 0 Å². The van der Waals surface area contributed by atoms with Crippen molar-refractivity contribution in [1.29, 1.82) is 0 Å². The summed E-state index contributed by atoms with van der Waals surface area (Å²) in [5, 5.41) is 0.254. The molecule has 4 heterocycles. The standard InChI is InChI=1S/C18H19N5O3/c1-12-14(15-16(26-12)20-11-21(2)17(15)24)18(25)23-9-7-22(8-10-23)13-5-3-4-6-19-13/h3-6,11H,7-10H2,1-2H3. The number of fused-ring (bicyclic) bond motifs is 1. The van der Waals surface area contributed by atoms with Crippen molar-refractivity contribution in [3.63, 3.8) is 0 Å². The van der Waals surface area contributed by atoms with E-state index in [1.54, 1.807) is 25.1 Å². The number of aryl methyl sites for hydroxylation is 2. The van der Waals surface area contributed by atoms with Crippen molar-refractivity contribution in [2.75, 3.05) is 31.1 Å². The second-order valence-corrected chi connectivity index (χ2v) is 6.34. The van der Waals surface area contributed by atoms with Gasteiger partial charge >= 0.3 is 0 Å². The lowest BCUT2D eigenvalue weighted by Crippen LogP contribution is -2.49. The molecule has 0 bridgehead atoms. The highest BCUT2D eigenvalue weighted by Crippen LogP contribution is 2.23. The van der Waals surface area contributed by atoms with E-state index in [4.69, 9.17) is 4.42 Å². The minimum Gasteiger partial charge on any atom is -0.442 e. The van der Waals surface area contributed by atoms with Crippen LogP contribution in [0.2, 0.25) is 0 Å². The third-order valence-corrected chi connectivity index (χ3v) is 4.70. The maximum Gasteiger partial charge on any atom is 0.265 e. The van der Waals surface area contributed by atoms with Crippen LogP contribution in [0.15, 0.2) is 39.9 Å². The van der Waals surface area contributed by atoms with E-state index >= 15 is 0 Å². The summed E-state index contributed by atoms with van der Waals surface area (Å²) in [4.78, 5) is 37.9. The molecule has 4 rings (SSSR count). The normalized spacial score (nSPS) is 14.8. The monoisotopic (exact) mass is 353 g/mol. The zero-order chi connectivity index (χ0) is 18.3. The van der Waals surface area contributed by atoms with Gasteiger partial charge in [-0.2, -0.15) is 0 Å². The smallest absolute Gasteiger partial charge is 0.265 e. The number of hydrogen-bond donors (Lipinski definition) is 0. The molecule has 8 heteroatoms. The van der Waals surface area contributed by atoms with Gasteiger partial charge in [0.15, 0.2) is 0 Å². The van der Waals surface area contributed by atoms with E-state index in [1.165, 1.54) is 10.9 Å². The van der Waals surface area contributed by atoms with Crippen LogP contribution in [0.4, 0.5) is 5.82 Å². The molecular formula is C18H19N5O3. The topological polar surface area (TPSA) is 84.5 Å². The third-order valence-electron chi connectivity index (χ3n) is 4.70. The zero-order valence-corrected chi connectivity index (χ0v) is 14.7. The van der Waals surface area contributed by atoms with Crippen LogP contribution < -0.4 is 10.5 Å². The number of aromatic nitrogens is 3. The molecule has 3 aromatic rings. The first kappa shape index (κ1) is 16.3. The fraction of sp³-hybridized carbons (Fsp3) is 0.333. The molecule has 0 unspecified atom stereocenters. The molecule has 0 radical (unpaired) electrons. The number of piperazine rings is 1. The van der Waals surface area contributed by atoms with E-state index in [9.17, 15) is 9.59 Å². The number of nitrogens with zero attached hydrogens (tertiary/aromatic N) is 5. The fourth-order valence-corrected chi connectivity index (χ4v) is 3.28. The first-order chi connectivity index (χ1) is 12.6.